The van der Waals surface area contributed by atoms with Crippen LogP contribution in [-0.4, -0.2) is 24.8 Å². The van der Waals surface area contributed by atoms with E-state index in [1.165, 1.54) is 19.2 Å². The molecule has 28 heavy (non-hydrogen) atoms. The first kappa shape index (κ1) is 17.6. The van der Waals surface area contributed by atoms with Crippen molar-refractivity contribution in [3.8, 4) is 22.8 Å². The van der Waals surface area contributed by atoms with Crippen LogP contribution in [0.15, 0.2) is 71.5 Å². The highest BCUT2D eigenvalue weighted by molar-refractivity contribution is 5.59. The van der Waals surface area contributed by atoms with Gasteiger partial charge >= 0.3 is 5.69 Å². The summed E-state index contributed by atoms with van der Waals surface area (Å²) in [5.74, 6) is -0.156. The van der Waals surface area contributed by atoms with Crippen LogP contribution in [0.25, 0.3) is 16.9 Å². The van der Waals surface area contributed by atoms with Crippen LogP contribution in [0.3, 0.4) is 0 Å². The third-order valence-electron chi connectivity index (χ3n) is 4.20. The van der Waals surface area contributed by atoms with Crippen molar-refractivity contribution in [3.63, 3.8) is 0 Å². The predicted molar refractivity (Wildman–Crippen MR) is 101 cm³/mol. The summed E-state index contributed by atoms with van der Waals surface area (Å²) >= 11 is 0. The molecule has 8 heteroatoms. The van der Waals surface area contributed by atoms with Gasteiger partial charge in [-0.3, -0.25) is 0 Å². The lowest BCUT2D eigenvalue weighted by molar-refractivity contribution is 0.287. The van der Waals surface area contributed by atoms with Crippen LogP contribution in [-0.2, 0) is 13.7 Å². The molecule has 2 aromatic carbocycles. The van der Waals surface area contributed by atoms with Crippen LogP contribution in [0.5, 0.6) is 5.88 Å². The second-order valence-corrected chi connectivity index (χ2v) is 6.05. The minimum absolute atomic E-state index is 0.115. The van der Waals surface area contributed by atoms with Crippen molar-refractivity contribution in [1.29, 1.82) is 0 Å². The number of halogens is 1. The van der Waals surface area contributed by atoms with Gasteiger partial charge in [0, 0.05) is 18.7 Å². The van der Waals surface area contributed by atoms with Gasteiger partial charge in [-0.1, -0.05) is 42.5 Å². The Kier molecular flexibility index (Phi) is 4.67. The number of aromatic nitrogens is 5. The van der Waals surface area contributed by atoms with Gasteiger partial charge in [-0.15, -0.1) is 0 Å². The van der Waals surface area contributed by atoms with Crippen LogP contribution in [0.2, 0.25) is 0 Å². The van der Waals surface area contributed by atoms with Gasteiger partial charge in [0.05, 0.1) is 16.9 Å². The molecular weight excluding hydrogens is 361 g/mol. The van der Waals surface area contributed by atoms with Crippen LogP contribution in [0.1, 0.15) is 5.56 Å². The molecular formula is C20H16FN5O2. The maximum atomic E-state index is 14.5. The summed E-state index contributed by atoms with van der Waals surface area (Å²) in [4.78, 5) is 16.6. The maximum Gasteiger partial charge on any atom is 0.368 e. The Bertz CT molecular complexity index is 1170. The first-order valence-corrected chi connectivity index (χ1v) is 8.55. The molecule has 0 unspecified atom stereocenters. The molecule has 0 spiro atoms. The summed E-state index contributed by atoms with van der Waals surface area (Å²) in [5.41, 5.74) is 1.69. The molecule has 0 atom stereocenters. The number of ether oxygens (including phenoxy) is 1. The van der Waals surface area contributed by atoms with Crippen molar-refractivity contribution in [2.75, 3.05) is 0 Å². The number of aryl methyl sites for hydroxylation is 1. The molecule has 4 rings (SSSR count). The van der Waals surface area contributed by atoms with E-state index in [4.69, 9.17) is 4.74 Å². The van der Waals surface area contributed by atoms with E-state index < -0.39 is 11.5 Å². The summed E-state index contributed by atoms with van der Waals surface area (Å²) in [6.07, 6.45) is 0. The molecule has 0 saturated heterocycles. The number of pyridine rings is 1. The largest absolute Gasteiger partial charge is 0.473 e. The molecule has 2 aromatic heterocycles. The Labute approximate surface area is 159 Å². The van der Waals surface area contributed by atoms with E-state index in [1.807, 2.05) is 42.5 Å². The summed E-state index contributed by atoms with van der Waals surface area (Å²) < 4.78 is 22.3. The number of tetrazole rings is 1. The SMILES string of the molecule is Cn1nnn(-c2cccc(F)c2COc2cccc(-c3ccccc3)n2)c1=O. The third kappa shape index (κ3) is 3.39. The predicted octanol–water partition coefficient (Wildman–Crippen LogP) is 2.75. The number of hydrogen-bond donors (Lipinski definition) is 0. The smallest absolute Gasteiger partial charge is 0.368 e. The first-order chi connectivity index (χ1) is 13.6. The molecule has 0 aliphatic carbocycles. The van der Waals surface area contributed by atoms with Gasteiger partial charge in [-0.05, 0) is 28.6 Å². The zero-order valence-corrected chi connectivity index (χ0v) is 15.0. The summed E-state index contributed by atoms with van der Waals surface area (Å²) in [6.45, 7) is -0.115. The quantitative estimate of drug-likeness (QED) is 0.535. The van der Waals surface area contributed by atoms with E-state index in [0.29, 0.717) is 5.88 Å². The Morgan fingerprint density at radius 3 is 2.50 bits per heavy atom. The number of nitrogens with zero attached hydrogens (tertiary/aromatic N) is 5. The minimum Gasteiger partial charge on any atom is -0.473 e. The maximum absolute atomic E-state index is 14.5. The van der Waals surface area contributed by atoms with Gasteiger partial charge < -0.3 is 4.74 Å². The van der Waals surface area contributed by atoms with E-state index >= 15 is 0 Å². The van der Waals surface area contributed by atoms with Crippen LogP contribution >= 0.6 is 0 Å². The van der Waals surface area contributed by atoms with E-state index in [-0.39, 0.29) is 17.9 Å². The molecule has 0 N–H and O–H groups in total. The summed E-state index contributed by atoms with van der Waals surface area (Å²) in [7, 11) is 1.47. The van der Waals surface area contributed by atoms with Crippen molar-refractivity contribution in [2.45, 2.75) is 6.61 Å². The monoisotopic (exact) mass is 377 g/mol. The lowest BCUT2D eigenvalue weighted by Crippen LogP contribution is -2.23. The van der Waals surface area contributed by atoms with Gasteiger partial charge in [0.1, 0.15) is 12.4 Å². The van der Waals surface area contributed by atoms with Crippen LogP contribution in [0.4, 0.5) is 4.39 Å². The normalized spacial score (nSPS) is 10.8. The average Bonchev–Trinajstić information content (AvgIpc) is 3.06. The van der Waals surface area contributed by atoms with Gasteiger partial charge in [-0.25, -0.2) is 14.2 Å². The van der Waals surface area contributed by atoms with Gasteiger partial charge in [-0.2, -0.15) is 9.36 Å². The van der Waals surface area contributed by atoms with E-state index in [1.54, 1.807) is 12.1 Å². The van der Waals surface area contributed by atoms with Crippen LogP contribution < -0.4 is 10.4 Å². The molecule has 0 fully saturated rings. The van der Waals surface area contributed by atoms with Crippen molar-refractivity contribution in [3.05, 3.63) is 88.6 Å². The minimum atomic E-state index is -0.505. The van der Waals surface area contributed by atoms with E-state index in [0.717, 1.165) is 20.6 Å². The van der Waals surface area contributed by atoms with Crippen molar-refractivity contribution in [2.24, 2.45) is 7.05 Å². The molecule has 4 aromatic rings. The molecule has 0 bridgehead atoms. The zero-order valence-electron chi connectivity index (χ0n) is 15.0. The second-order valence-electron chi connectivity index (χ2n) is 6.05. The highest BCUT2D eigenvalue weighted by atomic mass is 19.1. The Hall–Kier alpha value is -3.81. The molecule has 0 radical (unpaired) electrons. The average molecular weight is 377 g/mol. The number of hydrogen-bond acceptors (Lipinski definition) is 5. The fourth-order valence-corrected chi connectivity index (χ4v) is 2.76. The molecule has 0 aliphatic heterocycles. The molecule has 140 valence electrons. The lowest BCUT2D eigenvalue weighted by atomic mass is 10.1. The third-order valence-corrected chi connectivity index (χ3v) is 4.20. The van der Waals surface area contributed by atoms with E-state index in [2.05, 4.69) is 15.4 Å². The second kappa shape index (κ2) is 7.43. The molecule has 0 amide bonds. The highest BCUT2D eigenvalue weighted by Gasteiger charge is 2.15. The first-order valence-electron chi connectivity index (χ1n) is 8.55. The van der Waals surface area contributed by atoms with Crippen molar-refractivity contribution < 1.29 is 9.13 Å². The molecule has 2 heterocycles. The standard InChI is InChI=1S/C20H16FN5O2/c1-25-20(27)26(24-23-25)18-11-5-9-16(21)15(18)13-28-19-12-6-10-17(22-19)14-7-3-2-4-8-14/h2-12H,13H2,1H3. The summed E-state index contributed by atoms with van der Waals surface area (Å²) in [5, 5.41) is 7.44. The molecule has 7 nitrogen and oxygen atoms in total. The number of rotatable bonds is 5. The van der Waals surface area contributed by atoms with Gasteiger partial charge in [0.25, 0.3) is 0 Å². The lowest BCUT2D eigenvalue weighted by Gasteiger charge is -2.11. The Morgan fingerprint density at radius 1 is 0.964 bits per heavy atom. The van der Waals surface area contributed by atoms with Crippen LogP contribution in [0, 0.1) is 5.82 Å². The molecule has 0 aliphatic rings. The Morgan fingerprint density at radius 2 is 1.75 bits per heavy atom. The van der Waals surface area contributed by atoms with Crippen molar-refractivity contribution in [1.82, 2.24) is 24.8 Å². The highest BCUT2D eigenvalue weighted by Crippen LogP contribution is 2.22. The van der Waals surface area contributed by atoms with Gasteiger partial charge in [0.2, 0.25) is 5.88 Å². The van der Waals surface area contributed by atoms with Gasteiger partial charge in [0.15, 0.2) is 0 Å². The Balaban J connectivity index is 1.63. The zero-order chi connectivity index (χ0) is 19.5. The fourth-order valence-electron chi connectivity index (χ4n) is 2.76. The molecule has 0 saturated carbocycles. The van der Waals surface area contributed by atoms with E-state index in [9.17, 15) is 9.18 Å². The topological polar surface area (TPSA) is 74.8 Å². The van der Waals surface area contributed by atoms with Crippen molar-refractivity contribution >= 4 is 0 Å². The fraction of sp³-hybridized carbons (Fsp3) is 0.100. The number of benzene rings is 2. The summed E-state index contributed by atoms with van der Waals surface area (Å²) in [6, 6.07) is 19.5.